The van der Waals surface area contributed by atoms with Gasteiger partial charge in [0.15, 0.2) is 23.0 Å². The van der Waals surface area contributed by atoms with E-state index in [2.05, 4.69) is 126 Å². The summed E-state index contributed by atoms with van der Waals surface area (Å²) in [7, 11) is 10.6. The van der Waals surface area contributed by atoms with Crippen molar-refractivity contribution in [3.63, 3.8) is 0 Å². The van der Waals surface area contributed by atoms with Crippen LogP contribution >= 0.6 is 0 Å². The van der Waals surface area contributed by atoms with Gasteiger partial charge in [-0.1, -0.05) is 190 Å². The molecule has 19 nitrogen and oxygen atoms in total. The molecular weight excluding hydrogens is 1580 g/mol. The number of fused-ring (bicyclic) bond motifs is 12. The summed E-state index contributed by atoms with van der Waals surface area (Å²) >= 11 is 0. The van der Waals surface area contributed by atoms with E-state index in [0.717, 1.165) is 138 Å². The molecule has 4 atom stereocenters. The van der Waals surface area contributed by atoms with E-state index in [1.54, 1.807) is 53.0 Å². The molecule has 10 aromatic carbocycles. The number of ether oxygens (including phenoxy) is 4. The average Bonchev–Trinajstić information content (AvgIpc) is 1.16. The molecule has 5 aromatic heterocycles. The molecule has 0 aliphatic heterocycles. The van der Waals surface area contributed by atoms with E-state index in [0.29, 0.717) is 96.8 Å². The lowest BCUT2D eigenvalue weighted by molar-refractivity contribution is 0.254. The Morgan fingerprint density at radius 3 is 1.09 bits per heavy atom. The van der Waals surface area contributed by atoms with Crippen LogP contribution in [-0.4, -0.2) is 117 Å². The summed E-state index contributed by atoms with van der Waals surface area (Å²) in [5.41, 5.74) is 23.0. The van der Waals surface area contributed by atoms with Crippen molar-refractivity contribution >= 4 is 23.8 Å². The smallest absolute Gasteiger partial charge is 0.223 e. The summed E-state index contributed by atoms with van der Waals surface area (Å²) in [5.74, 6) is 4.35. The zero-order chi connectivity index (χ0) is 86.5. The Hall–Kier alpha value is -14.2. The fourth-order valence-corrected chi connectivity index (χ4v) is 17.3. The molecule has 4 unspecified atom stereocenters. The number of rotatable bonds is 23. The van der Waals surface area contributed by atoms with Crippen molar-refractivity contribution in [2.75, 3.05) is 83.4 Å². The second kappa shape index (κ2) is 38.5. The van der Waals surface area contributed by atoms with E-state index in [1.807, 2.05) is 171 Å². The largest absolute Gasteiger partial charge is 0.493 e. The van der Waals surface area contributed by atoms with Gasteiger partial charge < -0.3 is 50.1 Å². The molecule has 4 aliphatic carbocycles. The van der Waals surface area contributed by atoms with E-state index in [1.165, 1.54) is 35.9 Å². The second-order valence-corrected chi connectivity index (χ2v) is 32.4. The van der Waals surface area contributed by atoms with Gasteiger partial charge in [0.1, 0.15) is 23.3 Å². The molecule has 4 aliphatic rings. The molecule has 0 radical (unpaired) electrons. The van der Waals surface area contributed by atoms with Crippen molar-refractivity contribution in [1.29, 1.82) is 0 Å². The van der Waals surface area contributed by atoms with Crippen molar-refractivity contribution in [3.8, 4) is 68.0 Å². The fourth-order valence-electron chi connectivity index (χ4n) is 17.3. The average molecular weight is 1670 g/mol. The highest BCUT2D eigenvalue weighted by Gasteiger charge is 2.34. The minimum Gasteiger partial charge on any atom is -0.493 e. The predicted octanol–water partition coefficient (Wildman–Crippen LogP) is 20.5. The Balaban J connectivity index is 0.000000123. The number of H-pyrrole nitrogens is 1. The number of anilines is 4. The molecule has 5 heterocycles. The molecule has 0 fully saturated rings. The number of nitrogens with zero attached hydrogens (tertiary/aromatic N) is 10. The topological polar surface area (TPSA) is 220 Å². The Bertz CT molecular complexity index is 6300. The van der Waals surface area contributed by atoms with E-state index in [9.17, 15) is 17.6 Å². The van der Waals surface area contributed by atoms with Crippen molar-refractivity contribution in [1.82, 2.24) is 54.7 Å². The third kappa shape index (κ3) is 19.4. The van der Waals surface area contributed by atoms with Crippen LogP contribution in [0.25, 0.3) is 45.0 Å². The molecule has 632 valence electrons. The van der Waals surface area contributed by atoms with Crippen LogP contribution in [0.1, 0.15) is 121 Å². The maximum atomic E-state index is 14.6. The first-order valence-corrected chi connectivity index (χ1v) is 41.8. The van der Waals surface area contributed by atoms with Crippen LogP contribution in [0.3, 0.4) is 0 Å². The minimum absolute atomic E-state index is 0.0312. The number of hydrogen-bond acceptors (Lipinski definition) is 18. The molecule has 0 bridgehead atoms. The molecule has 0 spiro atoms. The van der Waals surface area contributed by atoms with Gasteiger partial charge in [-0.2, -0.15) is 0 Å². The highest BCUT2D eigenvalue weighted by atomic mass is 19.1. The first-order valence-electron chi connectivity index (χ1n) is 41.8. The minimum atomic E-state index is -0.225. The monoisotopic (exact) mass is 1670 g/mol. The number of aromatic nitrogens is 10. The summed E-state index contributed by atoms with van der Waals surface area (Å²) in [4.78, 5) is 46.8. The van der Waals surface area contributed by atoms with Gasteiger partial charge in [-0.25, -0.2) is 62.4 Å². The van der Waals surface area contributed by atoms with Gasteiger partial charge >= 0.3 is 0 Å². The Morgan fingerprint density at radius 1 is 0.384 bits per heavy atom. The molecule has 23 heteroatoms. The summed E-state index contributed by atoms with van der Waals surface area (Å²) in [6.45, 7) is 8.01. The van der Waals surface area contributed by atoms with Gasteiger partial charge in [0.25, 0.3) is 0 Å². The van der Waals surface area contributed by atoms with Gasteiger partial charge in [-0.15, -0.1) is 0 Å². The van der Waals surface area contributed by atoms with Crippen LogP contribution < -0.4 is 40.2 Å². The highest BCUT2D eigenvalue weighted by Crippen LogP contribution is 2.48. The number of aromatic amines is 1. The zero-order valence-electron chi connectivity index (χ0n) is 70.9. The Labute approximate surface area is 725 Å². The first-order chi connectivity index (χ1) is 61.0. The molecule has 125 heavy (non-hydrogen) atoms. The number of nitrogens with one attached hydrogen (secondary N) is 5. The summed E-state index contributed by atoms with van der Waals surface area (Å²) in [6.07, 6.45) is 14.6. The van der Waals surface area contributed by atoms with Gasteiger partial charge in [-0.3, -0.25) is 0 Å². The molecule has 15 aromatic rings. The molecule has 0 saturated heterocycles. The van der Waals surface area contributed by atoms with Crippen LogP contribution in [0, 0.1) is 28.7 Å². The lowest BCUT2D eigenvalue weighted by atomic mass is 9.78. The lowest BCUT2D eigenvalue weighted by Crippen LogP contribution is -2.34. The number of benzene rings is 10. The maximum Gasteiger partial charge on any atom is 0.223 e. The third-order valence-corrected chi connectivity index (χ3v) is 23.1. The SMILES string of the molecule is CN(C)CC(C)(C)CNc1ncc2c(n1)-c1ccccc1C(c1ccccc1F)C2.COc1ccc(CNc2ncc3c(n2)-c2ccccc2C(c2ccc(F)cc2)C3)cc1OC.COc1ccc(CNc2ncc3c(n2)-c2ccccc2C(c2ccccc2F)C3)cc1OC.Fc1ccccc1C1Cc2cnc(NCCc3cnc[nH]3)nc2-c2ccccc21. The Kier molecular flexibility index (Phi) is 26.0. The van der Waals surface area contributed by atoms with Gasteiger partial charge in [0, 0.05) is 122 Å². The van der Waals surface area contributed by atoms with Gasteiger partial charge in [0.05, 0.1) is 57.5 Å². The normalized spacial score (nSPS) is 14.7. The van der Waals surface area contributed by atoms with Crippen molar-refractivity contribution in [3.05, 3.63) is 375 Å². The fraction of sp³-hybridized carbons (Fsp3) is 0.225. The van der Waals surface area contributed by atoms with Crippen LogP contribution in [0.2, 0.25) is 0 Å². The summed E-state index contributed by atoms with van der Waals surface area (Å²) in [6, 6.07) is 72.1. The first kappa shape index (κ1) is 84.4. The maximum absolute atomic E-state index is 14.6. The highest BCUT2D eigenvalue weighted by molar-refractivity contribution is 5.76. The summed E-state index contributed by atoms with van der Waals surface area (Å²) < 4.78 is 78.6. The van der Waals surface area contributed by atoms with Crippen LogP contribution in [0.5, 0.6) is 23.0 Å². The van der Waals surface area contributed by atoms with Crippen molar-refractivity contribution in [2.45, 2.75) is 82.7 Å². The molecule has 5 N–H and O–H groups in total. The number of imidazole rings is 1. The molecular formula is C102H97F4N15O4. The van der Waals surface area contributed by atoms with Crippen molar-refractivity contribution in [2.24, 2.45) is 5.41 Å². The van der Waals surface area contributed by atoms with Gasteiger partial charge in [-0.05, 0) is 178 Å². The van der Waals surface area contributed by atoms with Crippen molar-refractivity contribution < 1.29 is 36.5 Å². The van der Waals surface area contributed by atoms with E-state index in [4.69, 9.17) is 38.9 Å². The molecule has 19 rings (SSSR count). The third-order valence-electron chi connectivity index (χ3n) is 23.1. The zero-order valence-corrected chi connectivity index (χ0v) is 70.9. The van der Waals surface area contributed by atoms with Gasteiger partial charge in [0.2, 0.25) is 23.8 Å². The number of hydrogen-bond donors (Lipinski definition) is 5. The summed E-state index contributed by atoms with van der Waals surface area (Å²) in [5, 5.41) is 13.3. The standard InChI is InChI=1S/2C27H24FN3O2.C25H29FN4.C23H20FN5/c1-32-24-12-11-17(13-25(24)33-2)15-29-27-30-16-18-14-22(20-8-5-6-10-23(20)28)19-7-3-4-9-21(19)26(18)31-27;1-32-24-12-7-17(13-25(24)33-2)15-29-27-30-16-19-14-23(18-8-10-20(28)11-9-18)21-5-3-4-6-22(21)26(19)31-27;1-25(2,16-30(3)4)15-28-24-27-14-17-13-21(19-10-7-8-12-22(19)26)18-9-5-6-11-20(18)23(17)29-24;24-21-8-4-3-6-18(21)20-11-15-12-27-23(26-10-9-16-13-25-14-28-16)29-22(15)19-7-2-1-5-17(19)20/h3-13,16,22H,14-15H2,1-2H3,(H,29,30,31);3-13,16,23H,14-15H2,1-2H3,(H,29,30,31);5-12,14,21H,13,15-16H2,1-4H3,(H,27,28,29);1-8,12-14,20H,9-11H2,(H,25,28)(H,26,27,29). The molecule has 0 saturated carbocycles. The second-order valence-electron chi connectivity index (χ2n) is 32.4. The Morgan fingerprint density at radius 2 is 0.728 bits per heavy atom. The predicted molar refractivity (Wildman–Crippen MR) is 483 cm³/mol. The van der Waals surface area contributed by atoms with Crippen LogP contribution in [-0.2, 0) is 45.2 Å². The number of halogens is 4. The number of methoxy groups -OCH3 is 4. The van der Waals surface area contributed by atoms with E-state index >= 15 is 0 Å². The van der Waals surface area contributed by atoms with E-state index < -0.39 is 0 Å². The van der Waals surface area contributed by atoms with E-state index in [-0.39, 0.29) is 52.4 Å². The molecule has 0 amide bonds. The lowest BCUT2D eigenvalue weighted by Gasteiger charge is -2.29. The quantitative estimate of drug-likeness (QED) is 0.0376. The van der Waals surface area contributed by atoms with Crippen LogP contribution in [0.15, 0.2) is 268 Å². The van der Waals surface area contributed by atoms with Crippen LogP contribution in [0.4, 0.5) is 41.4 Å².